The molecule has 3 atom stereocenters. The molecule has 0 unspecified atom stereocenters. The van der Waals surface area contributed by atoms with Crippen molar-refractivity contribution in [3.63, 3.8) is 0 Å². The van der Waals surface area contributed by atoms with Gasteiger partial charge < -0.3 is 19.3 Å². The Labute approximate surface area is 271 Å². The third-order valence-electron chi connectivity index (χ3n) is 8.65. The first-order chi connectivity index (χ1) is 21.3. The van der Waals surface area contributed by atoms with Crippen molar-refractivity contribution in [3.05, 3.63) is 88.5 Å². The number of para-hydroxylation sites is 2. The maximum absolute atomic E-state index is 15.3. The number of phenols is 1. The lowest BCUT2D eigenvalue weighted by molar-refractivity contribution is -0.159. The molecule has 0 radical (unpaired) electrons. The summed E-state index contributed by atoms with van der Waals surface area (Å²) in [4.78, 5) is 44.2. The molecular weight excluding hydrogens is 582 g/mol. The van der Waals surface area contributed by atoms with Gasteiger partial charge in [-0.25, -0.2) is 14.5 Å². The topological polar surface area (TPSA) is 102 Å². The van der Waals surface area contributed by atoms with Crippen molar-refractivity contribution in [2.75, 3.05) is 11.5 Å². The summed E-state index contributed by atoms with van der Waals surface area (Å²) in [5.41, 5.74) is -0.0747. The van der Waals surface area contributed by atoms with Crippen LogP contribution in [-0.4, -0.2) is 41.4 Å². The molecule has 2 amide bonds. The third-order valence-corrected chi connectivity index (χ3v) is 8.65. The molecule has 8 nitrogen and oxygen atoms in total. The van der Waals surface area contributed by atoms with Crippen molar-refractivity contribution < 1.29 is 33.7 Å². The molecule has 3 aromatic rings. The summed E-state index contributed by atoms with van der Waals surface area (Å²) < 4.78 is 17.8. The smallest absolute Gasteiger partial charge is 0.421 e. The molecular formula is C38H45NO7. The minimum atomic E-state index is -1.77. The van der Waals surface area contributed by atoms with E-state index in [1.807, 2.05) is 71.9 Å². The molecule has 3 aromatic carbocycles. The molecule has 5 rings (SSSR count). The molecule has 0 saturated carbocycles. The highest BCUT2D eigenvalue weighted by atomic mass is 16.6. The van der Waals surface area contributed by atoms with Gasteiger partial charge in [0.25, 0.3) is 5.91 Å². The number of amides is 2. The van der Waals surface area contributed by atoms with Gasteiger partial charge in [-0.1, -0.05) is 90.1 Å². The Morgan fingerprint density at radius 1 is 0.891 bits per heavy atom. The Bertz CT molecular complexity index is 1670. The number of fused-ring (bicyclic) bond motifs is 3. The number of ether oxygens (including phenoxy) is 3. The van der Waals surface area contributed by atoms with Gasteiger partial charge >= 0.3 is 12.1 Å². The molecule has 0 fully saturated rings. The highest BCUT2D eigenvalue weighted by Gasteiger charge is 2.68. The predicted octanol–water partition coefficient (Wildman–Crippen LogP) is 7.66. The molecule has 1 N–H and O–H groups in total. The van der Waals surface area contributed by atoms with Gasteiger partial charge in [0.2, 0.25) is 6.10 Å². The van der Waals surface area contributed by atoms with Gasteiger partial charge in [0.05, 0.1) is 12.3 Å². The minimum Gasteiger partial charge on any atom is -0.507 e. The lowest BCUT2D eigenvalue weighted by Gasteiger charge is -2.46. The van der Waals surface area contributed by atoms with Gasteiger partial charge in [-0.3, -0.25) is 4.79 Å². The number of aromatic hydroxyl groups is 1. The Kier molecular flexibility index (Phi) is 8.03. The van der Waals surface area contributed by atoms with Crippen molar-refractivity contribution in [2.24, 2.45) is 0 Å². The molecule has 0 aromatic heterocycles. The zero-order chi connectivity index (χ0) is 34.0. The van der Waals surface area contributed by atoms with Crippen LogP contribution in [0.3, 0.4) is 0 Å². The number of benzene rings is 3. The number of phenolic OH excluding ortho intramolecular Hbond substituents is 1. The molecule has 244 valence electrons. The SMILES string of the molecule is CCOC(=O)[C@H]1Oc2ccccc2[C@@H](c2cc(C(C)(C)C)c(O)c(C(C)(C)C)c2)[C@]12C(=O)N(C(=O)OC(C)(C)C)c1ccccc12. The minimum absolute atomic E-state index is 0.0637. The van der Waals surface area contributed by atoms with Crippen LogP contribution in [0.5, 0.6) is 11.5 Å². The third kappa shape index (κ3) is 5.31. The summed E-state index contributed by atoms with van der Waals surface area (Å²) in [6.45, 7) is 19.1. The van der Waals surface area contributed by atoms with Crippen LogP contribution in [0.25, 0.3) is 0 Å². The van der Waals surface area contributed by atoms with E-state index in [4.69, 9.17) is 14.2 Å². The van der Waals surface area contributed by atoms with Crippen LogP contribution in [0.1, 0.15) is 103 Å². The Morgan fingerprint density at radius 3 is 2.02 bits per heavy atom. The van der Waals surface area contributed by atoms with E-state index in [1.54, 1.807) is 58.0 Å². The second-order valence-corrected chi connectivity index (χ2v) is 15.2. The van der Waals surface area contributed by atoms with Crippen LogP contribution >= 0.6 is 0 Å². The van der Waals surface area contributed by atoms with Crippen LogP contribution in [-0.2, 0) is 35.3 Å². The first-order valence-corrected chi connectivity index (χ1v) is 15.8. The van der Waals surface area contributed by atoms with E-state index < -0.39 is 51.8 Å². The highest BCUT2D eigenvalue weighted by Crippen LogP contribution is 2.60. The average molecular weight is 628 g/mol. The van der Waals surface area contributed by atoms with Crippen molar-refractivity contribution in [3.8, 4) is 11.5 Å². The first kappa shape index (κ1) is 33.0. The van der Waals surface area contributed by atoms with Crippen molar-refractivity contribution >= 4 is 23.7 Å². The zero-order valence-corrected chi connectivity index (χ0v) is 28.5. The number of hydrogen-bond donors (Lipinski definition) is 1. The molecule has 0 aliphatic carbocycles. The molecule has 8 heteroatoms. The summed E-state index contributed by atoms with van der Waals surface area (Å²) in [6.07, 6.45) is -2.29. The summed E-state index contributed by atoms with van der Waals surface area (Å²) in [7, 11) is 0. The molecule has 2 aliphatic heterocycles. The number of imide groups is 1. The van der Waals surface area contributed by atoms with E-state index in [9.17, 15) is 14.7 Å². The van der Waals surface area contributed by atoms with Crippen molar-refractivity contribution in [2.45, 2.75) is 103 Å². The largest absolute Gasteiger partial charge is 0.507 e. The van der Waals surface area contributed by atoms with E-state index in [0.717, 1.165) is 4.90 Å². The van der Waals surface area contributed by atoms with E-state index in [0.29, 0.717) is 39.3 Å². The number of carbonyl (C=O) groups is 3. The molecule has 0 bridgehead atoms. The zero-order valence-electron chi connectivity index (χ0n) is 28.5. The lowest BCUT2D eigenvalue weighted by Crippen LogP contribution is -2.61. The number of esters is 1. The fraction of sp³-hybridized carbons (Fsp3) is 0.447. The van der Waals surface area contributed by atoms with Crippen LogP contribution < -0.4 is 9.64 Å². The van der Waals surface area contributed by atoms with Gasteiger partial charge in [-0.2, -0.15) is 0 Å². The summed E-state index contributed by atoms with van der Waals surface area (Å²) in [5, 5.41) is 11.6. The molecule has 2 aliphatic rings. The fourth-order valence-corrected chi connectivity index (χ4v) is 6.75. The van der Waals surface area contributed by atoms with E-state index in [2.05, 4.69) is 0 Å². The van der Waals surface area contributed by atoms with Crippen molar-refractivity contribution in [1.29, 1.82) is 0 Å². The Morgan fingerprint density at radius 2 is 1.46 bits per heavy atom. The van der Waals surface area contributed by atoms with Gasteiger partial charge in [0.1, 0.15) is 22.5 Å². The van der Waals surface area contributed by atoms with Crippen molar-refractivity contribution in [1.82, 2.24) is 0 Å². The molecule has 46 heavy (non-hydrogen) atoms. The van der Waals surface area contributed by atoms with Crippen LogP contribution in [0.2, 0.25) is 0 Å². The Hall–Kier alpha value is -4.33. The Balaban J connectivity index is 1.94. The summed E-state index contributed by atoms with van der Waals surface area (Å²) >= 11 is 0. The standard InChI is InChI=1S/C38H45NO7/c1-11-44-32(41)31-38(24-17-13-14-18-27(24)39(33(38)42)34(43)46-37(8,9)10)29(23-16-12-15-19-28(23)45-31)22-20-25(35(2,3)4)30(40)26(21-22)36(5,6)7/h12-21,29,31,40H,11H2,1-10H3/t29-,31-,38+/m1/s1. The fourth-order valence-electron chi connectivity index (χ4n) is 6.75. The number of hydrogen-bond acceptors (Lipinski definition) is 7. The van der Waals surface area contributed by atoms with Crippen LogP contribution in [0, 0.1) is 0 Å². The highest BCUT2D eigenvalue weighted by molar-refractivity contribution is 6.23. The number of carbonyl (C=O) groups excluding carboxylic acids is 3. The molecule has 1 spiro atoms. The van der Waals surface area contributed by atoms with E-state index in [-0.39, 0.29) is 12.4 Å². The number of rotatable bonds is 3. The van der Waals surface area contributed by atoms with E-state index >= 15 is 4.79 Å². The number of anilines is 1. The summed E-state index contributed by atoms with van der Waals surface area (Å²) in [6, 6.07) is 18.2. The van der Waals surface area contributed by atoms with Gasteiger partial charge in [0, 0.05) is 11.5 Å². The second kappa shape index (κ2) is 11.2. The van der Waals surface area contributed by atoms with E-state index in [1.165, 1.54) is 0 Å². The summed E-state index contributed by atoms with van der Waals surface area (Å²) in [5.74, 6) is -1.57. The van der Waals surface area contributed by atoms with Gasteiger partial charge in [0.15, 0.2) is 0 Å². The monoisotopic (exact) mass is 627 g/mol. The van der Waals surface area contributed by atoms with Crippen LogP contribution in [0.15, 0.2) is 60.7 Å². The maximum atomic E-state index is 15.3. The molecule has 2 heterocycles. The lowest BCUT2D eigenvalue weighted by atomic mass is 9.60. The quantitative estimate of drug-likeness (QED) is 0.298. The number of nitrogens with zero attached hydrogens (tertiary/aromatic N) is 1. The first-order valence-electron chi connectivity index (χ1n) is 15.8. The maximum Gasteiger partial charge on any atom is 0.421 e. The predicted molar refractivity (Wildman–Crippen MR) is 177 cm³/mol. The molecule has 0 saturated heterocycles. The van der Waals surface area contributed by atoms with Gasteiger partial charge in [-0.15, -0.1) is 0 Å². The van der Waals surface area contributed by atoms with Gasteiger partial charge in [-0.05, 0) is 72.9 Å². The second-order valence-electron chi connectivity index (χ2n) is 15.2. The normalized spacial score (nSPS) is 21.0. The van der Waals surface area contributed by atoms with Crippen LogP contribution in [0.4, 0.5) is 10.5 Å². The average Bonchev–Trinajstić information content (AvgIpc) is 3.19.